The number of ether oxygens (including phenoxy) is 1. The largest absolute Gasteiger partial charge is 0.377 e. The Hall–Kier alpha value is -1.62. The first-order valence-corrected chi connectivity index (χ1v) is 6.18. The maximum Gasteiger partial charge on any atom is 0.259 e. The molecule has 0 bridgehead atoms. The lowest BCUT2D eigenvalue weighted by molar-refractivity contribution is 0.0561. The first kappa shape index (κ1) is 12.8. The third-order valence-corrected chi connectivity index (χ3v) is 3.10. The van der Waals surface area contributed by atoms with Gasteiger partial charge in [0, 0.05) is 37.7 Å². The molecule has 0 spiro atoms. The van der Waals surface area contributed by atoms with Crippen LogP contribution in [0.3, 0.4) is 0 Å². The van der Waals surface area contributed by atoms with Gasteiger partial charge >= 0.3 is 0 Å². The van der Waals surface area contributed by atoms with Gasteiger partial charge in [0.25, 0.3) is 5.91 Å². The van der Waals surface area contributed by atoms with Crippen LogP contribution in [0.15, 0.2) is 17.2 Å². The minimum Gasteiger partial charge on any atom is -0.377 e. The molecule has 1 aromatic heterocycles. The number of nitrogens with zero attached hydrogens (tertiary/aromatic N) is 1. The van der Waals surface area contributed by atoms with E-state index in [1.54, 1.807) is 18.0 Å². The summed E-state index contributed by atoms with van der Waals surface area (Å²) in [5.41, 5.74) is 0.570. The van der Waals surface area contributed by atoms with E-state index in [9.17, 15) is 9.59 Å². The summed E-state index contributed by atoms with van der Waals surface area (Å²) < 4.78 is 5.49. The van der Waals surface area contributed by atoms with Crippen molar-refractivity contribution in [3.8, 4) is 0 Å². The average Bonchev–Trinajstić information content (AvgIpc) is 2.56. The Morgan fingerprint density at radius 3 is 3.06 bits per heavy atom. The number of aryl methyl sites for hydroxylation is 1. The number of rotatable bonds is 1. The number of carbonyl (C=O) groups excluding carboxylic acids is 1. The van der Waals surface area contributed by atoms with Crippen LogP contribution in [0.2, 0.25) is 0 Å². The Balaban J connectivity index is 2.25. The molecule has 1 amide bonds. The highest BCUT2D eigenvalue weighted by Crippen LogP contribution is 2.08. The van der Waals surface area contributed by atoms with Crippen LogP contribution in [0.4, 0.5) is 0 Å². The van der Waals surface area contributed by atoms with Gasteiger partial charge in [0.05, 0.1) is 6.10 Å². The van der Waals surface area contributed by atoms with Crippen LogP contribution in [0, 0.1) is 6.92 Å². The molecule has 1 aliphatic heterocycles. The molecule has 18 heavy (non-hydrogen) atoms. The molecule has 98 valence electrons. The van der Waals surface area contributed by atoms with E-state index in [0.717, 1.165) is 6.42 Å². The molecule has 0 radical (unpaired) electrons. The highest BCUT2D eigenvalue weighted by atomic mass is 16.5. The lowest BCUT2D eigenvalue weighted by Gasteiger charge is -2.21. The second-order valence-corrected chi connectivity index (χ2v) is 4.67. The number of carbonyl (C=O) groups is 1. The number of nitrogens with one attached hydrogen (secondary N) is 1. The van der Waals surface area contributed by atoms with Crippen molar-refractivity contribution in [2.75, 3.05) is 19.7 Å². The molecular formula is C13H18N2O3. The molecule has 0 aliphatic carbocycles. The summed E-state index contributed by atoms with van der Waals surface area (Å²) in [6, 6.07) is 0. The molecule has 1 unspecified atom stereocenters. The van der Waals surface area contributed by atoms with Crippen molar-refractivity contribution < 1.29 is 9.53 Å². The summed E-state index contributed by atoms with van der Waals surface area (Å²) in [7, 11) is 0. The molecule has 0 saturated carbocycles. The monoisotopic (exact) mass is 250 g/mol. The Labute approximate surface area is 106 Å². The Kier molecular flexibility index (Phi) is 3.81. The van der Waals surface area contributed by atoms with Gasteiger partial charge in [-0.05, 0) is 20.3 Å². The predicted molar refractivity (Wildman–Crippen MR) is 67.7 cm³/mol. The molecule has 1 saturated heterocycles. The predicted octanol–water partition coefficient (Wildman–Crippen LogP) is 0.934. The van der Waals surface area contributed by atoms with Crippen LogP contribution in [0.5, 0.6) is 0 Å². The molecule has 1 fully saturated rings. The summed E-state index contributed by atoms with van der Waals surface area (Å²) in [6.07, 6.45) is 3.90. The van der Waals surface area contributed by atoms with Crippen molar-refractivity contribution in [1.82, 2.24) is 9.88 Å². The van der Waals surface area contributed by atoms with E-state index in [4.69, 9.17) is 4.74 Å². The van der Waals surface area contributed by atoms with Gasteiger partial charge in [0.15, 0.2) is 5.43 Å². The maximum atomic E-state index is 12.3. The van der Waals surface area contributed by atoms with Gasteiger partial charge in [-0.1, -0.05) is 0 Å². The van der Waals surface area contributed by atoms with Crippen LogP contribution in [0.25, 0.3) is 0 Å². The average molecular weight is 250 g/mol. The third kappa shape index (κ3) is 2.61. The molecule has 1 atom stereocenters. The highest BCUT2D eigenvalue weighted by molar-refractivity contribution is 5.94. The number of aromatic nitrogens is 1. The van der Waals surface area contributed by atoms with Crippen molar-refractivity contribution >= 4 is 5.91 Å². The Morgan fingerprint density at radius 1 is 1.50 bits per heavy atom. The van der Waals surface area contributed by atoms with E-state index < -0.39 is 0 Å². The topological polar surface area (TPSA) is 62.4 Å². The van der Waals surface area contributed by atoms with Gasteiger partial charge in [-0.15, -0.1) is 0 Å². The van der Waals surface area contributed by atoms with Gasteiger partial charge in [-0.2, -0.15) is 0 Å². The van der Waals surface area contributed by atoms with Crippen LogP contribution in [-0.4, -0.2) is 41.6 Å². The molecular weight excluding hydrogens is 232 g/mol. The van der Waals surface area contributed by atoms with Crippen molar-refractivity contribution in [3.05, 3.63) is 33.7 Å². The van der Waals surface area contributed by atoms with Crippen LogP contribution in [-0.2, 0) is 4.74 Å². The van der Waals surface area contributed by atoms with Crippen molar-refractivity contribution in [1.29, 1.82) is 0 Å². The zero-order valence-electron chi connectivity index (χ0n) is 10.7. The van der Waals surface area contributed by atoms with Crippen molar-refractivity contribution in [3.63, 3.8) is 0 Å². The van der Waals surface area contributed by atoms with Crippen LogP contribution in [0.1, 0.15) is 29.3 Å². The second-order valence-electron chi connectivity index (χ2n) is 4.67. The van der Waals surface area contributed by atoms with Crippen molar-refractivity contribution in [2.24, 2.45) is 0 Å². The highest BCUT2D eigenvalue weighted by Gasteiger charge is 2.23. The molecule has 1 aromatic rings. The number of amides is 1. The molecule has 5 nitrogen and oxygen atoms in total. The summed E-state index contributed by atoms with van der Waals surface area (Å²) in [6.45, 7) is 5.47. The lowest BCUT2D eigenvalue weighted by atomic mass is 10.1. The standard InChI is InChI=1S/C13H18N2O3/c1-9-6-14-7-11(12(9)16)13(17)15-4-3-5-18-10(2)8-15/h6-7,10H,3-5,8H2,1-2H3,(H,14,16). The summed E-state index contributed by atoms with van der Waals surface area (Å²) in [5, 5.41) is 0. The smallest absolute Gasteiger partial charge is 0.259 e. The van der Waals surface area contributed by atoms with Gasteiger partial charge < -0.3 is 14.6 Å². The summed E-state index contributed by atoms with van der Waals surface area (Å²) >= 11 is 0. The molecule has 2 heterocycles. The fraction of sp³-hybridized carbons (Fsp3) is 0.538. The molecule has 0 aromatic carbocycles. The van der Waals surface area contributed by atoms with E-state index >= 15 is 0 Å². The first-order valence-electron chi connectivity index (χ1n) is 6.18. The summed E-state index contributed by atoms with van der Waals surface area (Å²) in [4.78, 5) is 28.8. The quantitative estimate of drug-likeness (QED) is 0.806. The fourth-order valence-electron chi connectivity index (χ4n) is 2.10. The number of pyridine rings is 1. The normalized spacial score (nSPS) is 20.6. The second kappa shape index (κ2) is 5.35. The minimum atomic E-state index is -0.211. The lowest BCUT2D eigenvalue weighted by Crippen LogP contribution is -2.38. The third-order valence-electron chi connectivity index (χ3n) is 3.10. The zero-order valence-corrected chi connectivity index (χ0v) is 10.7. The van der Waals surface area contributed by atoms with Gasteiger partial charge in [0.1, 0.15) is 5.56 Å². The van der Waals surface area contributed by atoms with E-state index in [2.05, 4.69) is 4.98 Å². The zero-order chi connectivity index (χ0) is 13.1. The minimum absolute atomic E-state index is 0.0142. The van der Waals surface area contributed by atoms with Gasteiger partial charge in [-0.25, -0.2) is 0 Å². The van der Waals surface area contributed by atoms with E-state index in [-0.39, 0.29) is 23.0 Å². The molecule has 5 heteroatoms. The molecule has 2 rings (SSSR count). The van der Waals surface area contributed by atoms with Gasteiger partial charge in [0.2, 0.25) is 0 Å². The maximum absolute atomic E-state index is 12.3. The van der Waals surface area contributed by atoms with Gasteiger partial charge in [-0.3, -0.25) is 9.59 Å². The fourth-order valence-corrected chi connectivity index (χ4v) is 2.10. The van der Waals surface area contributed by atoms with Crippen LogP contribution < -0.4 is 5.43 Å². The SMILES string of the molecule is Cc1c[nH]cc(C(=O)N2CCCOC(C)C2)c1=O. The number of hydrogen-bond acceptors (Lipinski definition) is 3. The summed E-state index contributed by atoms with van der Waals surface area (Å²) in [5.74, 6) is -0.211. The van der Waals surface area contributed by atoms with Crippen LogP contribution >= 0.6 is 0 Å². The molecule has 1 N–H and O–H groups in total. The van der Waals surface area contributed by atoms with Crippen molar-refractivity contribution in [2.45, 2.75) is 26.4 Å². The Morgan fingerprint density at radius 2 is 2.28 bits per heavy atom. The first-order chi connectivity index (χ1) is 8.59. The van der Waals surface area contributed by atoms with E-state index in [0.29, 0.717) is 25.3 Å². The molecule has 1 aliphatic rings. The number of aromatic amines is 1. The van der Waals surface area contributed by atoms with E-state index in [1.165, 1.54) is 6.20 Å². The Bertz CT molecular complexity index is 495. The number of H-pyrrole nitrogens is 1. The number of hydrogen-bond donors (Lipinski definition) is 1. The van der Waals surface area contributed by atoms with E-state index in [1.807, 2.05) is 6.92 Å².